The van der Waals surface area contributed by atoms with E-state index < -0.39 is 11.5 Å². The molecule has 5 nitrogen and oxygen atoms in total. The van der Waals surface area contributed by atoms with Gasteiger partial charge in [-0.05, 0) is 33.1 Å². The van der Waals surface area contributed by atoms with Crippen LogP contribution in [0.25, 0.3) is 0 Å². The number of hydrogen-bond acceptors (Lipinski definition) is 2. The summed E-state index contributed by atoms with van der Waals surface area (Å²) < 4.78 is 0. The maximum atomic E-state index is 12.4. The van der Waals surface area contributed by atoms with Gasteiger partial charge in [-0.1, -0.05) is 13.3 Å². The van der Waals surface area contributed by atoms with Gasteiger partial charge in [-0.25, -0.2) is 4.79 Å². The maximum Gasteiger partial charge on any atom is 0.323 e. The van der Waals surface area contributed by atoms with Crippen molar-refractivity contribution in [2.45, 2.75) is 46.1 Å². The van der Waals surface area contributed by atoms with Gasteiger partial charge in [0.25, 0.3) is 0 Å². The summed E-state index contributed by atoms with van der Waals surface area (Å²) in [7, 11) is 0. The standard InChI is InChI=1S/C13H24N2O3/c1-5-10-6-7-14(8-10)12(18)15(9-11(16)17)13(2,3)4/h10H,5-9H2,1-4H3,(H,16,17). The van der Waals surface area contributed by atoms with Gasteiger partial charge in [-0.3, -0.25) is 4.79 Å². The summed E-state index contributed by atoms with van der Waals surface area (Å²) in [6.45, 7) is 8.96. The number of rotatable bonds is 3. The molecule has 0 bridgehead atoms. The molecule has 0 spiro atoms. The molecule has 1 N–H and O–H groups in total. The van der Waals surface area contributed by atoms with Crippen LogP contribution in [0.3, 0.4) is 0 Å². The van der Waals surface area contributed by atoms with Gasteiger partial charge in [0.2, 0.25) is 0 Å². The second-order valence-corrected chi connectivity index (χ2v) is 5.94. The number of amides is 2. The molecule has 104 valence electrons. The molecule has 0 radical (unpaired) electrons. The Hall–Kier alpha value is -1.26. The third-order valence-corrected chi connectivity index (χ3v) is 3.47. The first-order valence-corrected chi connectivity index (χ1v) is 6.54. The fourth-order valence-corrected chi connectivity index (χ4v) is 2.24. The van der Waals surface area contributed by atoms with Crippen LogP contribution in [0.4, 0.5) is 4.79 Å². The molecule has 1 aliphatic rings. The minimum Gasteiger partial charge on any atom is -0.480 e. The highest BCUT2D eigenvalue weighted by molar-refractivity contribution is 5.81. The first-order chi connectivity index (χ1) is 8.25. The Morgan fingerprint density at radius 3 is 2.39 bits per heavy atom. The van der Waals surface area contributed by atoms with Gasteiger partial charge >= 0.3 is 12.0 Å². The maximum absolute atomic E-state index is 12.4. The van der Waals surface area contributed by atoms with Crippen molar-refractivity contribution in [2.24, 2.45) is 5.92 Å². The van der Waals surface area contributed by atoms with Crippen molar-refractivity contribution in [2.75, 3.05) is 19.6 Å². The number of likely N-dealkylation sites (tertiary alicyclic amines) is 1. The van der Waals surface area contributed by atoms with Crippen LogP contribution >= 0.6 is 0 Å². The predicted octanol–water partition coefficient (Wildman–Crippen LogP) is 2.02. The highest BCUT2D eigenvalue weighted by Crippen LogP contribution is 2.23. The topological polar surface area (TPSA) is 60.9 Å². The van der Waals surface area contributed by atoms with Crippen LogP contribution < -0.4 is 0 Å². The van der Waals surface area contributed by atoms with E-state index in [1.165, 1.54) is 4.90 Å². The second-order valence-electron chi connectivity index (χ2n) is 5.94. The molecule has 1 rings (SSSR count). The molecule has 0 saturated carbocycles. The van der Waals surface area contributed by atoms with Crippen molar-refractivity contribution in [1.82, 2.24) is 9.80 Å². The molecule has 1 fully saturated rings. The highest BCUT2D eigenvalue weighted by atomic mass is 16.4. The molecular formula is C13H24N2O3. The number of carbonyl (C=O) groups excluding carboxylic acids is 1. The first-order valence-electron chi connectivity index (χ1n) is 6.54. The Balaban J connectivity index is 2.74. The van der Waals surface area contributed by atoms with Crippen LogP contribution in [-0.4, -0.2) is 52.1 Å². The van der Waals surface area contributed by atoms with Crippen molar-refractivity contribution in [3.63, 3.8) is 0 Å². The number of urea groups is 1. The fraction of sp³-hybridized carbons (Fsp3) is 0.846. The van der Waals surface area contributed by atoms with E-state index >= 15 is 0 Å². The lowest BCUT2D eigenvalue weighted by atomic mass is 10.1. The van der Waals surface area contributed by atoms with Crippen LogP contribution in [0, 0.1) is 5.92 Å². The van der Waals surface area contributed by atoms with E-state index in [1.807, 2.05) is 20.8 Å². The number of nitrogens with zero attached hydrogens (tertiary/aromatic N) is 2. The van der Waals surface area contributed by atoms with E-state index in [0.717, 1.165) is 25.9 Å². The quantitative estimate of drug-likeness (QED) is 0.840. The van der Waals surface area contributed by atoms with Gasteiger partial charge in [-0.15, -0.1) is 0 Å². The van der Waals surface area contributed by atoms with Crippen molar-refractivity contribution in [3.8, 4) is 0 Å². The van der Waals surface area contributed by atoms with Crippen molar-refractivity contribution < 1.29 is 14.7 Å². The average Bonchev–Trinajstić information content (AvgIpc) is 2.71. The third-order valence-electron chi connectivity index (χ3n) is 3.47. The number of hydrogen-bond donors (Lipinski definition) is 1. The fourth-order valence-electron chi connectivity index (χ4n) is 2.24. The van der Waals surface area contributed by atoms with Crippen LogP contribution in [0.15, 0.2) is 0 Å². The Morgan fingerprint density at radius 1 is 1.39 bits per heavy atom. The minimum atomic E-state index is -0.968. The lowest BCUT2D eigenvalue weighted by Crippen LogP contribution is -2.53. The van der Waals surface area contributed by atoms with E-state index in [0.29, 0.717) is 5.92 Å². The number of aliphatic carboxylic acids is 1. The molecule has 1 heterocycles. The van der Waals surface area contributed by atoms with Crippen molar-refractivity contribution >= 4 is 12.0 Å². The lowest BCUT2D eigenvalue weighted by molar-refractivity contribution is -0.138. The van der Waals surface area contributed by atoms with Crippen LogP contribution in [0.5, 0.6) is 0 Å². The number of carboxylic acids is 1. The van der Waals surface area contributed by atoms with Crippen molar-refractivity contribution in [1.29, 1.82) is 0 Å². The zero-order valence-electron chi connectivity index (χ0n) is 11.8. The van der Waals surface area contributed by atoms with Gasteiger partial charge in [-0.2, -0.15) is 0 Å². The summed E-state index contributed by atoms with van der Waals surface area (Å²) >= 11 is 0. The zero-order valence-corrected chi connectivity index (χ0v) is 11.8. The first kappa shape index (κ1) is 14.8. The summed E-state index contributed by atoms with van der Waals surface area (Å²) in [4.78, 5) is 26.5. The number of carbonyl (C=O) groups is 2. The molecule has 0 aromatic carbocycles. The van der Waals surface area contributed by atoms with Gasteiger partial charge in [0.15, 0.2) is 0 Å². The SMILES string of the molecule is CCC1CCN(C(=O)N(CC(=O)O)C(C)(C)C)C1. The Labute approximate surface area is 109 Å². The van der Waals surface area contributed by atoms with Gasteiger partial charge in [0.05, 0.1) is 0 Å². The Bertz CT molecular complexity index is 323. The summed E-state index contributed by atoms with van der Waals surface area (Å²) in [5, 5.41) is 8.92. The van der Waals surface area contributed by atoms with Crippen molar-refractivity contribution in [3.05, 3.63) is 0 Å². The molecule has 1 saturated heterocycles. The smallest absolute Gasteiger partial charge is 0.323 e. The zero-order chi connectivity index (χ0) is 13.9. The minimum absolute atomic E-state index is 0.152. The van der Waals surface area contributed by atoms with Gasteiger partial charge < -0.3 is 14.9 Å². The monoisotopic (exact) mass is 256 g/mol. The average molecular weight is 256 g/mol. The van der Waals surface area contributed by atoms with Crippen LogP contribution in [0.1, 0.15) is 40.5 Å². The van der Waals surface area contributed by atoms with E-state index in [9.17, 15) is 9.59 Å². The molecule has 1 aliphatic heterocycles. The normalized spacial score (nSPS) is 20.0. The van der Waals surface area contributed by atoms with Crippen LogP contribution in [0.2, 0.25) is 0 Å². The summed E-state index contributed by atoms with van der Waals surface area (Å²) in [5.74, 6) is -0.412. The number of carboxylic acid groups (broad SMARTS) is 1. The lowest BCUT2D eigenvalue weighted by Gasteiger charge is -2.37. The van der Waals surface area contributed by atoms with Gasteiger partial charge in [0, 0.05) is 18.6 Å². The summed E-state index contributed by atoms with van der Waals surface area (Å²) in [5.41, 5.74) is -0.472. The molecular weight excluding hydrogens is 232 g/mol. The van der Waals surface area contributed by atoms with Gasteiger partial charge in [0.1, 0.15) is 6.54 Å². The summed E-state index contributed by atoms with van der Waals surface area (Å²) in [6, 6.07) is -0.152. The van der Waals surface area contributed by atoms with Crippen LogP contribution in [-0.2, 0) is 4.79 Å². The molecule has 0 aromatic heterocycles. The molecule has 2 amide bonds. The largest absolute Gasteiger partial charge is 0.480 e. The molecule has 18 heavy (non-hydrogen) atoms. The van der Waals surface area contributed by atoms with E-state index in [4.69, 9.17) is 5.11 Å². The molecule has 5 heteroatoms. The second kappa shape index (κ2) is 5.59. The molecule has 0 aliphatic carbocycles. The molecule has 0 aromatic rings. The highest BCUT2D eigenvalue weighted by Gasteiger charge is 2.34. The van der Waals surface area contributed by atoms with E-state index in [-0.39, 0.29) is 12.6 Å². The van der Waals surface area contributed by atoms with E-state index in [1.54, 1.807) is 4.90 Å². The summed E-state index contributed by atoms with van der Waals surface area (Å²) in [6.07, 6.45) is 2.09. The molecule has 1 atom stereocenters. The molecule has 1 unspecified atom stereocenters. The van der Waals surface area contributed by atoms with E-state index in [2.05, 4.69) is 6.92 Å². The predicted molar refractivity (Wildman–Crippen MR) is 69.5 cm³/mol. The Kier molecular flexibility index (Phi) is 4.59. The third kappa shape index (κ3) is 3.62. The Morgan fingerprint density at radius 2 is 2.00 bits per heavy atom.